The Morgan fingerprint density at radius 1 is 1.10 bits per heavy atom. The van der Waals surface area contributed by atoms with E-state index >= 15 is 0 Å². The van der Waals surface area contributed by atoms with Crippen LogP contribution < -0.4 is 4.90 Å². The average Bonchev–Trinajstić information content (AvgIpc) is 3.46. The largest absolute Gasteiger partial charge is 0.385 e. The molecule has 0 bridgehead atoms. The fourth-order valence-electron chi connectivity index (χ4n) is 5.03. The number of ketones is 1. The third-order valence-electron chi connectivity index (χ3n) is 6.27. The van der Waals surface area contributed by atoms with Crippen molar-refractivity contribution in [3.05, 3.63) is 58.3 Å². The second-order valence-corrected chi connectivity index (χ2v) is 8.78. The smallest absolute Gasteiger partial charge is 0.235 e. The third kappa shape index (κ3) is 2.76. The Labute approximate surface area is 178 Å². The summed E-state index contributed by atoms with van der Waals surface area (Å²) in [6.45, 7) is 0.804. The molecule has 0 saturated carbocycles. The molecule has 0 unspecified atom stereocenters. The van der Waals surface area contributed by atoms with Crippen molar-refractivity contribution in [2.75, 3.05) is 25.2 Å². The van der Waals surface area contributed by atoms with Gasteiger partial charge in [-0.1, -0.05) is 36.4 Å². The number of nitrogens with zero attached hydrogens (tertiary/aromatic N) is 2. The number of carbonyl (C=O) groups excluding carboxylic acids is 3. The highest BCUT2D eigenvalue weighted by atomic mass is 32.1. The van der Waals surface area contributed by atoms with Crippen LogP contribution in [0, 0.1) is 11.8 Å². The molecular formula is C23H22N2O4S. The highest BCUT2D eigenvalue weighted by Crippen LogP contribution is 2.49. The molecule has 2 saturated heterocycles. The number of ether oxygens (including phenoxy) is 1. The van der Waals surface area contributed by atoms with E-state index in [-0.39, 0.29) is 23.6 Å². The van der Waals surface area contributed by atoms with E-state index in [1.807, 2.05) is 52.8 Å². The molecule has 0 spiro atoms. The zero-order valence-electron chi connectivity index (χ0n) is 16.6. The van der Waals surface area contributed by atoms with Gasteiger partial charge in [0, 0.05) is 25.9 Å². The minimum atomic E-state index is -0.686. The van der Waals surface area contributed by atoms with Gasteiger partial charge in [0.15, 0.2) is 5.78 Å². The van der Waals surface area contributed by atoms with Crippen LogP contribution in [0.1, 0.15) is 21.7 Å². The minimum absolute atomic E-state index is 0.0903. The van der Waals surface area contributed by atoms with Gasteiger partial charge in [0.25, 0.3) is 0 Å². The summed E-state index contributed by atoms with van der Waals surface area (Å²) in [4.78, 5) is 44.2. The molecule has 6 nitrogen and oxygen atoms in total. The van der Waals surface area contributed by atoms with Gasteiger partial charge in [0.05, 0.1) is 22.8 Å². The molecule has 0 radical (unpaired) electrons. The number of rotatable bonds is 6. The Kier molecular flexibility index (Phi) is 4.79. The van der Waals surface area contributed by atoms with E-state index in [1.54, 1.807) is 13.2 Å². The van der Waals surface area contributed by atoms with E-state index in [9.17, 15) is 14.4 Å². The Morgan fingerprint density at radius 3 is 2.67 bits per heavy atom. The van der Waals surface area contributed by atoms with Gasteiger partial charge in [-0.3, -0.25) is 19.3 Å². The summed E-state index contributed by atoms with van der Waals surface area (Å²) in [5.74, 6) is -1.72. The lowest BCUT2D eigenvalue weighted by atomic mass is 9.87. The van der Waals surface area contributed by atoms with Crippen molar-refractivity contribution in [3.8, 4) is 0 Å². The number of methoxy groups -OCH3 is 1. The number of hydrogen-bond acceptors (Lipinski definition) is 6. The molecule has 5 rings (SSSR count). The Hall–Kier alpha value is -2.77. The number of thiophene rings is 1. The van der Waals surface area contributed by atoms with Gasteiger partial charge >= 0.3 is 0 Å². The number of para-hydroxylation sites is 1. The predicted octanol–water partition coefficient (Wildman–Crippen LogP) is 2.85. The van der Waals surface area contributed by atoms with Crippen LogP contribution in [0.5, 0.6) is 0 Å². The first-order chi connectivity index (χ1) is 14.6. The summed E-state index contributed by atoms with van der Waals surface area (Å²) in [6, 6.07) is 10.5. The Balaban J connectivity index is 1.58. The maximum Gasteiger partial charge on any atom is 0.235 e. The van der Waals surface area contributed by atoms with Crippen molar-refractivity contribution in [2.24, 2.45) is 11.8 Å². The first-order valence-electron chi connectivity index (χ1n) is 10.1. The van der Waals surface area contributed by atoms with Crippen molar-refractivity contribution >= 4 is 40.7 Å². The number of hydrogen-bond donors (Lipinski definition) is 0. The van der Waals surface area contributed by atoms with Crippen LogP contribution in [0.3, 0.4) is 0 Å². The molecule has 2 fully saturated rings. The van der Waals surface area contributed by atoms with Crippen molar-refractivity contribution < 1.29 is 19.1 Å². The average molecular weight is 423 g/mol. The van der Waals surface area contributed by atoms with Crippen LogP contribution in [0.25, 0.3) is 6.08 Å². The van der Waals surface area contributed by atoms with Crippen molar-refractivity contribution in [1.29, 1.82) is 0 Å². The van der Waals surface area contributed by atoms with E-state index < -0.39 is 17.9 Å². The quantitative estimate of drug-likeness (QED) is 0.407. The number of Topliss-reactive ketones (excluding diaryl/α,β-unsaturated/α-hetero) is 1. The van der Waals surface area contributed by atoms with Crippen LogP contribution in [-0.2, 0) is 14.3 Å². The maximum atomic E-state index is 13.6. The summed E-state index contributed by atoms with van der Waals surface area (Å²) in [5, 5.41) is 1.86. The molecule has 4 heterocycles. The molecule has 1 aromatic carbocycles. The van der Waals surface area contributed by atoms with E-state index in [1.165, 1.54) is 16.2 Å². The van der Waals surface area contributed by atoms with Crippen molar-refractivity contribution in [3.63, 3.8) is 0 Å². The normalized spacial score (nSPS) is 26.7. The van der Waals surface area contributed by atoms with Crippen LogP contribution in [0.4, 0.5) is 5.69 Å². The van der Waals surface area contributed by atoms with Gasteiger partial charge < -0.3 is 9.64 Å². The maximum absolute atomic E-state index is 13.6. The standard InChI is InChI=1S/C23H22N2O4S/c1-29-12-5-11-24-22(27)18-16-10-9-14-6-2-3-7-15(14)25(16)20(19(18)23(24)28)21(26)17-8-4-13-30-17/h2-4,6-10,13,16,18-20H,5,11-12H2,1H3/t16-,18-,19+,20-/m1/s1. The van der Waals surface area contributed by atoms with Crippen LogP contribution in [0.15, 0.2) is 47.9 Å². The molecule has 0 aliphatic carbocycles. The summed E-state index contributed by atoms with van der Waals surface area (Å²) in [7, 11) is 1.60. The van der Waals surface area contributed by atoms with Gasteiger partial charge in [-0.15, -0.1) is 11.3 Å². The van der Waals surface area contributed by atoms with Gasteiger partial charge in [0.2, 0.25) is 11.8 Å². The number of imide groups is 1. The van der Waals surface area contributed by atoms with Gasteiger partial charge in [0.1, 0.15) is 6.04 Å². The van der Waals surface area contributed by atoms with Crippen molar-refractivity contribution in [1.82, 2.24) is 4.90 Å². The Morgan fingerprint density at radius 2 is 1.90 bits per heavy atom. The van der Waals surface area contributed by atoms with Crippen LogP contribution in [0.2, 0.25) is 0 Å². The molecule has 3 aliphatic heterocycles. The molecule has 2 amide bonds. The summed E-state index contributed by atoms with van der Waals surface area (Å²) < 4.78 is 5.08. The van der Waals surface area contributed by atoms with Gasteiger partial charge in [-0.25, -0.2) is 0 Å². The van der Waals surface area contributed by atoms with Gasteiger partial charge in [-0.2, -0.15) is 0 Å². The number of fused-ring (bicyclic) bond motifs is 5. The minimum Gasteiger partial charge on any atom is -0.385 e. The van der Waals surface area contributed by atoms with Gasteiger partial charge in [-0.05, 0) is 29.5 Å². The Bertz CT molecular complexity index is 1030. The third-order valence-corrected chi connectivity index (χ3v) is 7.15. The van der Waals surface area contributed by atoms with E-state index in [2.05, 4.69) is 0 Å². The zero-order valence-corrected chi connectivity index (χ0v) is 17.4. The highest BCUT2D eigenvalue weighted by Gasteiger charge is 2.63. The number of amides is 2. The molecule has 4 atom stereocenters. The summed E-state index contributed by atoms with van der Waals surface area (Å²) in [5.41, 5.74) is 1.90. The first kappa shape index (κ1) is 19.2. The fourth-order valence-corrected chi connectivity index (χ4v) is 5.72. The van der Waals surface area contributed by atoms with Crippen LogP contribution in [-0.4, -0.2) is 54.8 Å². The molecule has 3 aliphatic rings. The fraction of sp³-hybridized carbons (Fsp3) is 0.348. The number of likely N-dealkylation sites (tertiary alicyclic amines) is 1. The molecule has 154 valence electrons. The van der Waals surface area contributed by atoms with Crippen LogP contribution >= 0.6 is 11.3 Å². The molecule has 1 aromatic heterocycles. The SMILES string of the molecule is COCCCN1C(=O)[C@H]2[C@H](C1=O)[C@H](C(=O)c1cccs1)N1c3ccccc3C=C[C@H]21. The molecule has 0 N–H and O–H groups in total. The molecule has 2 aromatic rings. The number of benzene rings is 1. The lowest BCUT2D eigenvalue weighted by Crippen LogP contribution is -2.48. The molecule has 7 heteroatoms. The summed E-state index contributed by atoms with van der Waals surface area (Å²) >= 11 is 1.37. The summed E-state index contributed by atoms with van der Waals surface area (Å²) in [6.07, 6.45) is 4.56. The lowest BCUT2D eigenvalue weighted by molar-refractivity contribution is -0.140. The first-order valence-corrected chi connectivity index (χ1v) is 11.0. The van der Waals surface area contributed by atoms with Crippen molar-refractivity contribution in [2.45, 2.75) is 18.5 Å². The topological polar surface area (TPSA) is 66.9 Å². The monoisotopic (exact) mass is 422 g/mol. The molecule has 30 heavy (non-hydrogen) atoms. The zero-order chi connectivity index (χ0) is 20.8. The van der Waals surface area contributed by atoms with E-state index in [0.29, 0.717) is 24.4 Å². The second kappa shape index (κ2) is 7.49. The predicted molar refractivity (Wildman–Crippen MR) is 114 cm³/mol. The van der Waals surface area contributed by atoms with E-state index in [0.717, 1.165) is 11.3 Å². The molecular weight excluding hydrogens is 400 g/mol. The highest BCUT2D eigenvalue weighted by molar-refractivity contribution is 7.12. The lowest BCUT2D eigenvalue weighted by Gasteiger charge is -2.36. The van der Waals surface area contributed by atoms with E-state index in [4.69, 9.17) is 4.74 Å². The number of carbonyl (C=O) groups is 3. The number of anilines is 1. The second-order valence-electron chi connectivity index (χ2n) is 7.83.